The standard InChI is InChI=1S/C26H32Cl2N2O4/c1-5-21(25(32)29-26(2,3)4)30(16-18-19(27)7-6-8-20(18)28)24(31)12-10-17-9-11-22-23(15-17)34-14-13-33-22/h6-9,11,15,21H,5,10,12-14,16H2,1-4H3,(H,29,32)/t21-/m1/s1. The van der Waals surface area contributed by atoms with Crippen molar-refractivity contribution >= 4 is 35.0 Å². The Kier molecular flexibility index (Phi) is 8.72. The lowest BCUT2D eigenvalue weighted by Crippen LogP contribution is -2.53. The summed E-state index contributed by atoms with van der Waals surface area (Å²) >= 11 is 12.8. The van der Waals surface area contributed by atoms with Crippen molar-refractivity contribution in [1.82, 2.24) is 10.2 Å². The van der Waals surface area contributed by atoms with Crippen molar-refractivity contribution in [2.75, 3.05) is 13.2 Å². The molecule has 0 saturated carbocycles. The number of carbonyl (C=O) groups is 2. The largest absolute Gasteiger partial charge is 0.486 e. The van der Waals surface area contributed by atoms with Crippen LogP contribution in [-0.4, -0.2) is 41.5 Å². The predicted octanol–water partition coefficient (Wildman–Crippen LogP) is 5.42. The van der Waals surface area contributed by atoms with Crippen LogP contribution in [0.2, 0.25) is 10.0 Å². The number of hydrogen-bond donors (Lipinski definition) is 1. The third-order valence-electron chi connectivity index (χ3n) is 5.51. The Labute approximate surface area is 211 Å². The van der Waals surface area contributed by atoms with E-state index in [-0.39, 0.29) is 24.8 Å². The van der Waals surface area contributed by atoms with Gasteiger partial charge in [-0.15, -0.1) is 0 Å². The number of benzene rings is 2. The molecule has 1 N–H and O–H groups in total. The second-order valence-electron chi connectivity index (χ2n) is 9.36. The number of rotatable bonds is 8. The molecule has 0 bridgehead atoms. The molecule has 0 aromatic heterocycles. The second-order valence-corrected chi connectivity index (χ2v) is 10.2. The zero-order valence-electron chi connectivity index (χ0n) is 20.1. The van der Waals surface area contributed by atoms with Gasteiger partial charge in [-0.25, -0.2) is 0 Å². The fraction of sp³-hybridized carbons (Fsp3) is 0.462. The van der Waals surface area contributed by atoms with Crippen molar-refractivity contribution in [2.24, 2.45) is 0 Å². The molecule has 0 saturated heterocycles. The maximum Gasteiger partial charge on any atom is 0.243 e. The van der Waals surface area contributed by atoms with Gasteiger partial charge < -0.3 is 19.7 Å². The fourth-order valence-corrected chi connectivity index (χ4v) is 4.38. The van der Waals surface area contributed by atoms with Gasteiger partial charge in [-0.05, 0) is 63.4 Å². The lowest BCUT2D eigenvalue weighted by molar-refractivity contribution is -0.142. The normalized spacial score (nSPS) is 13.8. The Hall–Kier alpha value is -2.44. The van der Waals surface area contributed by atoms with Gasteiger partial charge >= 0.3 is 0 Å². The number of nitrogens with zero attached hydrogens (tertiary/aromatic N) is 1. The van der Waals surface area contributed by atoms with Crippen LogP contribution < -0.4 is 14.8 Å². The van der Waals surface area contributed by atoms with E-state index in [9.17, 15) is 9.59 Å². The summed E-state index contributed by atoms with van der Waals surface area (Å²) in [6.45, 7) is 8.81. The molecule has 1 aliphatic rings. The van der Waals surface area contributed by atoms with E-state index in [0.29, 0.717) is 53.2 Å². The van der Waals surface area contributed by atoms with Gasteiger partial charge in [0.2, 0.25) is 11.8 Å². The van der Waals surface area contributed by atoms with E-state index in [1.54, 1.807) is 23.1 Å². The number of fused-ring (bicyclic) bond motifs is 1. The molecule has 2 aromatic carbocycles. The van der Waals surface area contributed by atoms with Crippen molar-refractivity contribution in [3.05, 3.63) is 57.6 Å². The fourth-order valence-electron chi connectivity index (χ4n) is 3.86. The highest BCUT2D eigenvalue weighted by atomic mass is 35.5. The Bertz CT molecular complexity index is 1020. The van der Waals surface area contributed by atoms with Crippen LogP contribution >= 0.6 is 23.2 Å². The molecule has 1 atom stereocenters. The lowest BCUT2D eigenvalue weighted by Gasteiger charge is -2.33. The van der Waals surface area contributed by atoms with E-state index in [2.05, 4.69) is 5.32 Å². The number of amides is 2. The summed E-state index contributed by atoms with van der Waals surface area (Å²) < 4.78 is 11.2. The average Bonchev–Trinajstić information content (AvgIpc) is 2.78. The van der Waals surface area contributed by atoms with Crippen molar-refractivity contribution in [3.8, 4) is 11.5 Å². The van der Waals surface area contributed by atoms with E-state index in [1.807, 2.05) is 45.9 Å². The zero-order chi connectivity index (χ0) is 24.9. The number of hydrogen-bond acceptors (Lipinski definition) is 4. The summed E-state index contributed by atoms with van der Waals surface area (Å²) in [7, 11) is 0. The van der Waals surface area contributed by atoms with Gasteiger partial charge in [0.1, 0.15) is 19.3 Å². The SMILES string of the molecule is CC[C@H](C(=O)NC(C)(C)C)N(Cc1c(Cl)cccc1Cl)C(=O)CCc1ccc2c(c1)OCCO2. The smallest absolute Gasteiger partial charge is 0.243 e. The first-order valence-electron chi connectivity index (χ1n) is 11.5. The molecule has 3 rings (SSSR count). The van der Waals surface area contributed by atoms with E-state index in [4.69, 9.17) is 32.7 Å². The molecule has 184 valence electrons. The maximum absolute atomic E-state index is 13.5. The Morgan fingerprint density at radius 1 is 1.06 bits per heavy atom. The van der Waals surface area contributed by atoms with Crippen LogP contribution in [0.15, 0.2) is 36.4 Å². The van der Waals surface area contributed by atoms with Gasteiger partial charge in [-0.1, -0.05) is 42.3 Å². The van der Waals surface area contributed by atoms with Crippen molar-refractivity contribution in [3.63, 3.8) is 0 Å². The first-order valence-corrected chi connectivity index (χ1v) is 12.3. The monoisotopic (exact) mass is 506 g/mol. The molecule has 1 aliphatic heterocycles. The molecule has 8 heteroatoms. The summed E-state index contributed by atoms with van der Waals surface area (Å²) in [6, 6.07) is 10.3. The molecule has 0 radical (unpaired) electrons. The van der Waals surface area contributed by atoms with Gasteiger partial charge in [0, 0.05) is 34.1 Å². The van der Waals surface area contributed by atoms with Crippen molar-refractivity contribution in [1.29, 1.82) is 0 Å². The molecule has 0 unspecified atom stereocenters. The van der Waals surface area contributed by atoms with Gasteiger partial charge in [-0.2, -0.15) is 0 Å². The summed E-state index contributed by atoms with van der Waals surface area (Å²) in [6.07, 6.45) is 1.18. The maximum atomic E-state index is 13.5. The number of carbonyl (C=O) groups excluding carboxylic acids is 2. The van der Waals surface area contributed by atoms with E-state index < -0.39 is 11.6 Å². The molecule has 34 heavy (non-hydrogen) atoms. The van der Waals surface area contributed by atoms with Gasteiger partial charge in [0.05, 0.1) is 0 Å². The minimum atomic E-state index is -0.653. The minimum Gasteiger partial charge on any atom is -0.486 e. The topological polar surface area (TPSA) is 67.9 Å². The molecule has 6 nitrogen and oxygen atoms in total. The van der Waals surface area contributed by atoms with Crippen molar-refractivity contribution in [2.45, 2.75) is 65.1 Å². The number of aryl methyl sites for hydroxylation is 1. The quantitative estimate of drug-likeness (QED) is 0.518. The highest BCUT2D eigenvalue weighted by Crippen LogP contribution is 2.31. The van der Waals surface area contributed by atoms with Crippen LogP contribution in [0.4, 0.5) is 0 Å². The molecule has 2 aromatic rings. The van der Waals surface area contributed by atoms with E-state index in [1.165, 1.54) is 0 Å². The molecule has 0 fully saturated rings. The third-order valence-corrected chi connectivity index (χ3v) is 6.22. The zero-order valence-corrected chi connectivity index (χ0v) is 21.6. The highest BCUT2D eigenvalue weighted by molar-refractivity contribution is 6.36. The van der Waals surface area contributed by atoms with Crippen LogP contribution in [0.3, 0.4) is 0 Å². The van der Waals surface area contributed by atoms with Gasteiger partial charge in [-0.3, -0.25) is 9.59 Å². The predicted molar refractivity (Wildman–Crippen MR) is 135 cm³/mol. The van der Waals surface area contributed by atoms with E-state index in [0.717, 1.165) is 5.56 Å². The van der Waals surface area contributed by atoms with Crippen molar-refractivity contribution < 1.29 is 19.1 Å². The molecular formula is C26H32Cl2N2O4. The minimum absolute atomic E-state index is 0.147. The van der Waals surface area contributed by atoms with Gasteiger partial charge in [0.15, 0.2) is 11.5 Å². The third kappa shape index (κ3) is 6.80. The van der Waals surface area contributed by atoms with Crippen LogP contribution in [0.5, 0.6) is 11.5 Å². The Morgan fingerprint density at radius 3 is 2.32 bits per heavy atom. The number of nitrogens with one attached hydrogen (secondary N) is 1. The van der Waals surface area contributed by atoms with Crippen LogP contribution in [0, 0.1) is 0 Å². The second kappa shape index (κ2) is 11.3. The molecular weight excluding hydrogens is 475 g/mol. The first-order chi connectivity index (χ1) is 16.1. The summed E-state index contributed by atoms with van der Waals surface area (Å²) in [4.78, 5) is 28.2. The van der Waals surface area contributed by atoms with Crippen LogP contribution in [-0.2, 0) is 22.6 Å². The van der Waals surface area contributed by atoms with Crippen LogP contribution in [0.25, 0.3) is 0 Å². The summed E-state index contributed by atoms with van der Waals surface area (Å²) in [5.41, 5.74) is 1.16. The number of ether oxygens (including phenoxy) is 2. The summed E-state index contributed by atoms with van der Waals surface area (Å²) in [5.74, 6) is 1.04. The Morgan fingerprint density at radius 2 is 1.71 bits per heavy atom. The molecule has 0 spiro atoms. The average molecular weight is 507 g/mol. The molecule has 1 heterocycles. The highest BCUT2D eigenvalue weighted by Gasteiger charge is 2.31. The summed E-state index contributed by atoms with van der Waals surface area (Å²) in [5, 5.41) is 3.92. The molecule has 2 amide bonds. The lowest BCUT2D eigenvalue weighted by atomic mass is 10.0. The number of halogens is 2. The van der Waals surface area contributed by atoms with E-state index >= 15 is 0 Å². The van der Waals surface area contributed by atoms with Crippen LogP contribution in [0.1, 0.15) is 51.7 Å². The first kappa shape index (κ1) is 26.2. The molecule has 0 aliphatic carbocycles. The van der Waals surface area contributed by atoms with Gasteiger partial charge in [0.25, 0.3) is 0 Å². The Balaban J connectivity index is 1.82.